The summed E-state index contributed by atoms with van der Waals surface area (Å²) in [4.78, 5) is 22.4. The van der Waals surface area contributed by atoms with Crippen molar-refractivity contribution in [3.05, 3.63) is 62.8 Å². The minimum atomic E-state index is -0.658. The second-order valence-electron chi connectivity index (χ2n) is 6.05. The molecule has 1 aromatic carbocycles. The molecule has 0 saturated carbocycles. The van der Waals surface area contributed by atoms with Crippen LogP contribution in [0, 0.1) is 0 Å². The van der Waals surface area contributed by atoms with E-state index in [1.807, 2.05) is 37.3 Å². The summed E-state index contributed by atoms with van der Waals surface area (Å²) in [5.41, 5.74) is 10.7. The molecule has 0 bridgehead atoms. The van der Waals surface area contributed by atoms with E-state index >= 15 is 0 Å². The van der Waals surface area contributed by atoms with Crippen LogP contribution in [0.3, 0.4) is 0 Å². The molecule has 0 fully saturated rings. The molecule has 1 atom stereocenters. The fourth-order valence-corrected chi connectivity index (χ4v) is 3.45. The summed E-state index contributed by atoms with van der Waals surface area (Å²) in [6.45, 7) is 2.22. The fraction of sp³-hybridized carbons (Fsp3) is 0.222. The number of halogens is 1. The van der Waals surface area contributed by atoms with Crippen molar-refractivity contribution in [3.8, 4) is 0 Å². The van der Waals surface area contributed by atoms with Crippen LogP contribution in [-0.4, -0.2) is 30.9 Å². The Morgan fingerprint density at radius 2 is 2.08 bits per heavy atom. The van der Waals surface area contributed by atoms with E-state index in [2.05, 4.69) is 15.8 Å². The Morgan fingerprint density at radius 1 is 1.35 bits per heavy atom. The Bertz CT molecular complexity index is 876. The SMILES string of the molecule is CN=C(N)c1ccc(C2=CC(C)(CNC(=O)c3ccc(Cl)s3)ON2)cc1. The number of thiophene rings is 1. The summed E-state index contributed by atoms with van der Waals surface area (Å²) in [6.07, 6.45) is 1.95. The third-order valence-electron chi connectivity index (χ3n) is 3.97. The van der Waals surface area contributed by atoms with Crippen molar-refractivity contribution in [2.75, 3.05) is 13.6 Å². The zero-order valence-electron chi connectivity index (χ0n) is 14.4. The molecule has 4 N–H and O–H groups in total. The number of aliphatic imine (C=N–C) groups is 1. The van der Waals surface area contributed by atoms with Gasteiger partial charge in [0.15, 0.2) is 0 Å². The number of rotatable bonds is 5. The molecule has 0 saturated heterocycles. The highest BCUT2D eigenvalue weighted by Gasteiger charge is 2.31. The van der Waals surface area contributed by atoms with E-state index in [4.69, 9.17) is 22.2 Å². The second kappa shape index (κ2) is 7.49. The minimum Gasteiger partial charge on any atom is -0.384 e. The second-order valence-corrected chi connectivity index (χ2v) is 7.76. The number of nitrogens with one attached hydrogen (secondary N) is 2. The summed E-state index contributed by atoms with van der Waals surface area (Å²) in [5.74, 6) is 0.314. The van der Waals surface area contributed by atoms with E-state index in [-0.39, 0.29) is 5.91 Å². The monoisotopic (exact) mass is 390 g/mol. The number of hydrogen-bond donors (Lipinski definition) is 3. The van der Waals surface area contributed by atoms with Gasteiger partial charge in [-0.2, -0.15) is 0 Å². The molecule has 0 spiro atoms. The Morgan fingerprint density at radius 3 is 2.69 bits per heavy atom. The highest BCUT2D eigenvalue weighted by molar-refractivity contribution is 7.17. The molecule has 8 heteroatoms. The van der Waals surface area contributed by atoms with Gasteiger partial charge in [0.25, 0.3) is 5.91 Å². The van der Waals surface area contributed by atoms with Crippen molar-refractivity contribution in [1.82, 2.24) is 10.8 Å². The van der Waals surface area contributed by atoms with Gasteiger partial charge in [-0.1, -0.05) is 35.9 Å². The largest absolute Gasteiger partial charge is 0.384 e. The first kappa shape index (κ1) is 18.4. The molecule has 0 aliphatic carbocycles. The average molecular weight is 391 g/mol. The molecule has 136 valence electrons. The number of nitrogens with two attached hydrogens (primary N) is 1. The number of hydroxylamine groups is 1. The molecule has 2 aromatic rings. The lowest BCUT2D eigenvalue weighted by Crippen LogP contribution is -2.40. The molecule has 1 aliphatic rings. The third kappa shape index (κ3) is 4.07. The average Bonchev–Trinajstić information content (AvgIpc) is 3.26. The Kier molecular flexibility index (Phi) is 5.31. The van der Waals surface area contributed by atoms with Crippen molar-refractivity contribution < 1.29 is 9.63 Å². The number of hydrogen-bond acceptors (Lipinski definition) is 5. The van der Waals surface area contributed by atoms with Gasteiger partial charge in [-0.3, -0.25) is 20.1 Å². The van der Waals surface area contributed by atoms with Crippen LogP contribution in [0.2, 0.25) is 4.34 Å². The third-order valence-corrected chi connectivity index (χ3v) is 5.20. The van der Waals surface area contributed by atoms with Gasteiger partial charge < -0.3 is 11.1 Å². The van der Waals surface area contributed by atoms with Gasteiger partial charge in [0.2, 0.25) is 0 Å². The van der Waals surface area contributed by atoms with Crippen LogP contribution in [0.1, 0.15) is 27.7 Å². The number of amidine groups is 1. The maximum atomic E-state index is 12.2. The van der Waals surface area contributed by atoms with E-state index in [0.29, 0.717) is 21.6 Å². The molecule has 26 heavy (non-hydrogen) atoms. The summed E-state index contributed by atoms with van der Waals surface area (Å²) >= 11 is 7.11. The van der Waals surface area contributed by atoms with E-state index in [9.17, 15) is 4.79 Å². The van der Waals surface area contributed by atoms with Crippen LogP contribution >= 0.6 is 22.9 Å². The first-order chi connectivity index (χ1) is 12.4. The smallest absolute Gasteiger partial charge is 0.261 e. The molecule has 3 rings (SSSR count). The van der Waals surface area contributed by atoms with E-state index in [1.54, 1.807) is 19.2 Å². The Balaban J connectivity index is 1.66. The van der Waals surface area contributed by atoms with Gasteiger partial charge in [-0.05, 0) is 30.7 Å². The van der Waals surface area contributed by atoms with Gasteiger partial charge in [-0.25, -0.2) is 0 Å². The van der Waals surface area contributed by atoms with Crippen LogP contribution in [0.15, 0.2) is 47.5 Å². The van der Waals surface area contributed by atoms with Crippen molar-refractivity contribution in [3.63, 3.8) is 0 Å². The predicted molar refractivity (Wildman–Crippen MR) is 105 cm³/mol. The lowest BCUT2D eigenvalue weighted by molar-refractivity contribution is -0.0194. The molecule has 6 nitrogen and oxygen atoms in total. The quantitative estimate of drug-likeness (QED) is 0.541. The fourth-order valence-electron chi connectivity index (χ4n) is 2.49. The highest BCUT2D eigenvalue weighted by atomic mass is 35.5. The zero-order chi connectivity index (χ0) is 18.7. The van der Waals surface area contributed by atoms with Gasteiger partial charge >= 0.3 is 0 Å². The van der Waals surface area contributed by atoms with Crippen molar-refractivity contribution in [2.45, 2.75) is 12.5 Å². The molecule has 0 radical (unpaired) electrons. The van der Waals surface area contributed by atoms with Crippen LogP contribution in [-0.2, 0) is 4.84 Å². The highest BCUT2D eigenvalue weighted by Crippen LogP contribution is 2.26. The van der Waals surface area contributed by atoms with Crippen molar-refractivity contribution in [1.29, 1.82) is 0 Å². The number of carbonyl (C=O) groups excluding carboxylic acids is 1. The molecular weight excluding hydrogens is 372 g/mol. The summed E-state index contributed by atoms with van der Waals surface area (Å²) in [5, 5.41) is 2.87. The van der Waals surface area contributed by atoms with Crippen LogP contribution in [0.5, 0.6) is 0 Å². The number of carbonyl (C=O) groups is 1. The van der Waals surface area contributed by atoms with Crippen LogP contribution in [0.25, 0.3) is 5.70 Å². The topological polar surface area (TPSA) is 88.7 Å². The number of nitrogens with zero attached hydrogens (tertiary/aromatic N) is 1. The number of amides is 1. The first-order valence-electron chi connectivity index (χ1n) is 7.94. The zero-order valence-corrected chi connectivity index (χ0v) is 15.9. The molecule has 1 amide bonds. The minimum absolute atomic E-state index is 0.174. The van der Waals surface area contributed by atoms with Crippen LogP contribution in [0.4, 0.5) is 0 Å². The molecule has 1 aliphatic heterocycles. The van der Waals surface area contributed by atoms with Crippen LogP contribution < -0.4 is 16.5 Å². The molecule has 1 aromatic heterocycles. The molecule has 2 heterocycles. The van der Waals surface area contributed by atoms with Crippen molar-refractivity contribution in [2.24, 2.45) is 10.7 Å². The summed E-state index contributed by atoms with van der Waals surface area (Å²) < 4.78 is 0.583. The van der Waals surface area contributed by atoms with Crippen molar-refractivity contribution >= 4 is 40.4 Å². The van der Waals surface area contributed by atoms with Gasteiger partial charge in [-0.15, -0.1) is 11.3 Å². The number of benzene rings is 1. The van der Waals surface area contributed by atoms with Gasteiger partial charge in [0.1, 0.15) is 11.4 Å². The van der Waals surface area contributed by atoms with Gasteiger partial charge in [0.05, 0.1) is 21.5 Å². The maximum Gasteiger partial charge on any atom is 0.261 e. The Hall–Kier alpha value is -2.35. The summed E-state index contributed by atoms with van der Waals surface area (Å²) in [7, 11) is 1.65. The summed E-state index contributed by atoms with van der Waals surface area (Å²) in [6, 6.07) is 11.1. The van der Waals surface area contributed by atoms with E-state index in [1.165, 1.54) is 11.3 Å². The standard InChI is InChI=1S/C18H19ClN4O2S/c1-18(10-22-17(24)14-7-8-15(19)26-14)9-13(23-25-18)11-3-5-12(6-4-11)16(20)21-2/h3-9,23H,10H2,1-2H3,(H2,20,21)(H,22,24). The van der Waals surface area contributed by atoms with E-state index < -0.39 is 5.60 Å². The van der Waals surface area contributed by atoms with E-state index in [0.717, 1.165) is 16.8 Å². The predicted octanol–water partition coefficient (Wildman–Crippen LogP) is 2.80. The Labute approximate surface area is 160 Å². The first-order valence-corrected chi connectivity index (χ1v) is 9.13. The molecule has 1 unspecified atom stereocenters. The van der Waals surface area contributed by atoms with Gasteiger partial charge in [0, 0.05) is 12.6 Å². The normalized spacial score (nSPS) is 19.8. The molecular formula is C18H19ClN4O2S. The lowest BCUT2D eigenvalue weighted by Gasteiger charge is -2.20. The lowest BCUT2D eigenvalue weighted by atomic mass is 10.0. The maximum absolute atomic E-state index is 12.2.